The lowest BCUT2D eigenvalue weighted by molar-refractivity contribution is -0.135. The monoisotopic (exact) mass is 260 g/mol. The Kier molecular flexibility index (Phi) is 5.74. The van der Waals surface area contributed by atoms with Crippen molar-refractivity contribution in [2.45, 2.75) is 51.5 Å². The minimum absolute atomic E-state index is 0. The van der Waals surface area contributed by atoms with E-state index in [9.17, 15) is 4.79 Å². The van der Waals surface area contributed by atoms with Gasteiger partial charge in [0.25, 0.3) is 0 Å². The van der Waals surface area contributed by atoms with Gasteiger partial charge in [-0.1, -0.05) is 6.92 Å². The van der Waals surface area contributed by atoms with Gasteiger partial charge in [-0.05, 0) is 44.4 Å². The van der Waals surface area contributed by atoms with Crippen molar-refractivity contribution >= 4 is 18.3 Å². The normalized spacial score (nSPS) is 27.6. The molecule has 0 aromatic heterocycles. The standard InChI is InChI=1S/C13H24N2O.ClH/c1-2-7-15(9-10-3-4-10)13(16)11-5-6-12(14)8-11;/h10-12H,2-9,14H2,1H3;1H. The van der Waals surface area contributed by atoms with Crippen molar-refractivity contribution in [1.82, 2.24) is 4.90 Å². The average molecular weight is 261 g/mol. The van der Waals surface area contributed by atoms with Gasteiger partial charge in [0.15, 0.2) is 0 Å². The van der Waals surface area contributed by atoms with Crippen LogP contribution < -0.4 is 5.73 Å². The number of amides is 1. The number of hydrogen-bond donors (Lipinski definition) is 1. The molecule has 2 saturated carbocycles. The van der Waals surface area contributed by atoms with Crippen LogP contribution >= 0.6 is 12.4 Å². The number of carbonyl (C=O) groups is 1. The van der Waals surface area contributed by atoms with Crippen LogP contribution in [0, 0.1) is 11.8 Å². The largest absolute Gasteiger partial charge is 0.342 e. The zero-order valence-electron chi connectivity index (χ0n) is 10.7. The summed E-state index contributed by atoms with van der Waals surface area (Å²) in [5.74, 6) is 1.40. The summed E-state index contributed by atoms with van der Waals surface area (Å²) in [4.78, 5) is 14.4. The second-order valence-electron chi connectivity index (χ2n) is 5.50. The van der Waals surface area contributed by atoms with Crippen LogP contribution in [0.15, 0.2) is 0 Å². The zero-order valence-corrected chi connectivity index (χ0v) is 11.5. The highest BCUT2D eigenvalue weighted by molar-refractivity contribution is 5.85. The molecule has 2 unspecified atom stereocenters. The summed E-state index contributed by atoms with van der Waals surface area (Å²) in [6.45, 7) is 4.08. The molecule has 2 rings (SSSR count). The van der Waals surface area contributed by atoms with Crippen LogP contribution in [0.5, 0.6) is 0 Å². The third-order valence-corrected chi connectivity index (χ3v) is 3.80. The van der Waals surface area contributed by atoms with Gasteiger partial charge in [0.1, 0.15) is 0 Å². The Morgan fingerprint density at radius 3 is 2.47 bits per heavy atom. The van der Waals surface area contributed by atoms with Crippen molar-refractivity contribution in [1.29, 1.82) is 0 Å². The Labute approximate surface area is 111 Å². The maximum atomic E-state index is 12.3. The first-order valence-corrected chi connectivity index (χ1v) is 6.75. The fraction of sp³-hybridized carbons (Fsp3) is 0.923. The molecule has 2 aliphatic carbocycles. The fourth-order valence-electron chi connectivity index (χ4n) is 2.67. The second-order valence-corrected chi connectivity index (χ2v) is 5.50. The fourth-order valence-corrected chi connectivity index (χ4v) is 2.67. The minimum atomic E-state index is 0. The molecule has 0 radical (unpaired) electrons. The topological polar surface area (TPSA) is 46.3 Å². The summed E-state index contributed by atoms with van der Waals surface area (Å²) in [5.41, 5.74) is 5.88. The van der Waals surface area contributed by atoms with Gasteiger partial charge >= 0.3 is 0 Å². The molecule has 0 bridgehead atoms. The highest BCUT2D eigenvalue weighted by Crippen LogP contribution is 2.32. The van der Waals surface area contributed by atoms with Crippen LogP contribution in [0.4, 0.5) is 0 Å². The lowest BCUT2D eigenvalue weighted by atomic mass is 10.1. The van der Waals surface area contributed by atoms with Crippen molar-refractivity contribution in [3.8, 4) is 0 Å². The van der Waals surface area contributed by atoms with Gasteiger partial charge in [0.05, 0.1) is 0 Å². The summed E-state index contributed by atoms with van der Waals surface area (Å²) in [5, 5.41) is 0. The molecular weight excluding hydrogens is 236 g/mol. The van der Waals surface area contributed by atoms with Crippen LogP contribution in [-0.4, -0.2) is 29.9 Å². The Morgan fingerprint density at radius 1 is 1.29 bits per heavy atom. The highest BCUT2D eigenvalue weighted by Gasteiger charge is 2.33. The first-order valence-electron chi connectivity index (χ1n) is 6.75. The molecule has 0 heterocycles. The Morgan fingerprint density at radius 2 is 2.00 bits per heavy atom. The zero-order chi connectivity index (χ0) is 11.5. The lowest BCUT2D eigenvalue weighted by Gasteiger charge is -2.25. The van der Waals surface area contributed by atoms with Gasteiger partial charge in [0.2, 0.25) is 5.91 Å². The molecule has 100 valence electrons. The van der Waals surface area contributed by atoms with E-state index in [4.69, 9.17) is 5.73 Å². The molecule has 2 aliphatic rings. The molecular formula is C13H25ClN2O. The van der Waals surface area contributed by atoms with Crippen molar-refractivity contribution in [2.75, 3.05) is 13.1 Å². The van der Waals surface area contributed by atoms with Gasteiger partial charge in [-0.15, -0.1) is 12.4 Å². The summed E-state index contributed by atoms with van der Waals surface area (Å²) >= 11 is 0. The molecule has 0 aromatic rings. The first kappa shape index (κ1) is 14.8. The van der Waals surface area contributed by atoms with Crippen LogP contribution in [-0.2, 0) is 4.79 Å². The van der Waals surface area contributed by atoms with E-state index in [0.29, 0.717) is 5.91 Å². The van der Waals surface area contributed by atoms with Gasteiger partial charge in [0, 0.05) is 25.0 Å². The van der Waals surface area contributed by atoms with E-state index in [1.807, 2.05) is 0 Å². The van der Waals surface area contributed by atoms with Crippen molar-refractivity contribution in [3.05, 3.63) is 0 Å². The van der Waals surface area contributed by atoms with Crippen LogP contribution in [0.3, 0.4) is 0 Å². The summed E-state index contributed by atoms with van der Waals surface area (Å²) in [6.07, 6.45) is 6.64. The van der Waals surface area contributed by atoms with E-state index in [1.54, 1.807) is 0 Å². The third kappa shape index (κ3) is 4.14. The van der Waals surface area contributed by atoms with Gasteiger partial charge < -0.3 is 10.6 Å². The summed E-state index contributed by atoms with van der Waals surface area (Å²) in [6, 6.07) is 0.262. The van der Waals surface area contributed by atoms with E-state index in [0.717, 1.165) is 44.7 Å². The van der Waals surface area contributed by atoms with Gasteiger partial charge in [-0.25, -0.2) is 0 Å². The maximum Gasteiger partial charge on any atom is 0.225 e. The SMILES string of the molecule is CCCN(CC1CC1)C(=O)C1CCC(N)C1.Cl. The Bertz CT molecular complexity index is 256. The quantitative estimate of drug-likeness (QED) is 0.824. The van der Waals surface area contributed by atoms with Crippen LogP contribution in [0.2, 0.25) is 0 Å². The summed E-state index contributed by atoms with van der Waals surface area (Å²) in [7, 11) is 0. The number of carbonyl (C=O) groups excluding carboxylic acids is 1. The van der Waals surface area contributed by atoms with E-state index in [1.165, 1.54) is 12.8 Å². The van der Waals surface area contributed by atoms with Crippen molar-refractivity contribution < 1.29 is 4.79 Å². The van der Waals surface area contributed by atoms with E-state index >= 15 is 0 Å². The molecule has 2 N–H and O–H groups in total. The smallest absolute Gasteiger partial charge is 0.225 e. The minimum Gasteiger partial charge on any atom is -0.342 e. The number of nitrogens with zero attached hydrogens (tertiary/aromatic N) is 1. The van der Waals surface area contributed by atoms with Crippen molar-refractivity contribution in [2.24, 2.45) is 17.6 Å². The number of halogens is 1. The molecule has 2 atom stereocenters. The highest BCUT2D eigenvalue weighted by atomic mass is 35.5. The Hall–Kier alpha value is -0.280. The van der Waals surface area contributed by atoms with Crippen LogP contribution in [0.25, 0.3) is 0 Å². The first-order chi connectivity index (χ1) is 7.70. The molecule has 2 fully saturated rings. The molecule has 0 aliphatic heterocycles. The molecule has 3 nitrogen and oxygen atoms in total. The molecule has 1 amide bonds. The van der Waals surface area contributed by atoms with Crippen molar-refractivity contribution in [3.63, 3.8) is 0 Å². The molecule has 0 aromatic carbocycles. The lowest BCUT2D eigenvalue weighted by Crippen LogP contribution is -2.37. The molecule has 17 heavy (non-hydrogen) atoms. The van der Waals surface area contributed by atoms with Gasteiger partial charge in [-0.2, -0.15) is 0 Å². The van der Waals surface area contributed by atoms with E-state index in [-0.39, 0.29) is 24.4 Å². The molecule has 4 heteroatoms. The Balaban J connectivity index is 0.00000144. The van der Waals surface area contributed by atoms with E-state index in [2.05, 4.69) is 11.8 Å². The number of hydrogen-bond acceptors (Lipinski definition) is 2. The third-order valence-electron chi connectivity index (χ3n) is 3.80. The maximum absolute atomic E-state index is 12.3. The molecule has 0 spiro atoms. The van der Waals surface area contributed by atoms with Crippen LogP contribution in [0.1, 0.15) is 45.4 Å². The second kappa shape index (κ2) is 6.60. The average Bonchev–Trinajstić information content (AvgIpc) is 2.97. The predicted octanol–water partition coefficient (Wildman–Crippen LogP) is 2.18. The predicted molar refractivity (Wildman–Crippen MR) is 72.2 cm³/mol. The van der Waals surface area contributed by atoms with Gasteiger partial charge in [-0.3, -0.25) is 4.79 Å². The molecule has 0 saturated heterocycles. The number of rotatable bonds is 5. The summed E-state index contributed by atoms with van der Waals surface area (Å²) < 4.78 is 0. The number of nitrogens with two attached hydrogens (primary N) is 1. The van der Waals surface area contributed by atoms with E-state index < -0.39 is 0 Å².